The molecule has 5 aromatic carbocycles. The summed E-state index contributed by atoms with van der Waals surface area (Å²) < 4.78 is -0.900. The summed E-state index contributed by atoms with van der Waals surface area (Å²) >= 11 is 3.87. The van der Waals surface area contributed by atoms with E-state index in [1.165, 1.54) is 33.4 Å². The maximum Gasteiger partial charge on any atom is 0.187 e. The molecule has 0 N–H and O–H groups in total. The average Bonchev–Trinajstić information content (AvgIpc) is 3.51. The quantitative estimate of drug-likeness (QED) is 0.226. The Bertz CT molecular complexity index is 1650. The predicted molar refractivity (Wildman–Crippen MR) is 167 cm³/mol. The van der Waals surface area contributed by atoms with Gasteiger partial charge in [-0.3, -0.25) is 0 Å². The Morgan fingerprint density at radius 3 is 1.62 bits per heavy atom. The summed E-state index contributed by atoms with van der Waals surface area (Å²) in [5, 5.41) is 8.65. The van der Waals surface area contributed by atoms with E-state index >= 15 is 0 Å². The van der Waals surface area contributed by atoms with E-state index in [1.807, 2.05) is 23.5 Å². The number of hydrazone groups is 1. The van der Waals surface area contributed by atoms with E-state index in [2.05, 4.69) is 152 Å². The molecule has 0 aliphatic carbocycles. The molecule has 190 valence electrons. The van der Waals surface area contributed by atoms with Crippen LogP contribution in [0.4, 0.5) is 5.69 Å². The zero-order chi connectivity index (χ0) is 26.5. The number of anilines is 1. The van der Waals surface area contributed by atoms with Gasteiger partial charge in [-0.15, -0.1) is 0 Å². The Balaban J connectivity index is 1.54. The van der Waals surface area contributed by atoms with E-state index in [1.54, 1.807) is 0 Å². The molecule has 7 rings (SSSR count). The molecule has 0 bridgehead atoms. The summed E-state index contributed by atoms with van der Waals surface area (Å²) in [5.41, 5.74) is 10.1. The number of para-hydroxylation sites is 1. The highest BCUT2D eigenvalue weighted by atomic mass is 32.2. The van der Waals surface area contributed by atoms with Crippen LogP contribution in [0.15, 0.2) is 139 Å². The van der Waals surface area contributed by atoms with Crippen molar-refractivity contribution in [3.8, 4) is 0 Å². The second-order valence-corrected chi connectivity index (χ2v) is 12.9. The van der Waals surface area contributed by atoms with Gasteiger partial charge >= 0.3 is 0 Å². The normalized spacial score (nSPS) is 19.2. The Morgan fingerprint density at radius 2 is 1.03 bits per heavy atom. The molecular weight excluding hydrogens is 513 g/mol. The number of thioether (sulfide) groups is 2. The van der Waals surface area contributed by atoms with Crippen LogP contribution in [0.3, 0.4) is 0 Å². The van der Waals surface area contributed by atoms with Crippen LogP contribution in [0, 0.1) is 13.8 Å². The molecule has 0 saturated carbocycles. The standard InChI is InChI=1S/C35H28N2S2/c1-25-15-9-11-21-29(25)34(30-22-12-10-16-26(30)2)31-23-13-14-24-32(31)35(39-34)37(28-19-7-4-8-20-28)36-33(38-35)27-17-5-3-6-18-27/h3-24H,1-2H3/t35-/m0/s1. The second-order valence-electron chi connectivity index (χ2n) is 10.1. The minimum atomic E-state index is -0.492. The lowest BCUT2D eigenvalue weighted by atomic mass is 9.79. The summed E-state index contributed by atoms with van der Waals surface area (Å²) in [6.07, 6.45) is 0. The highest BCUT2D eigenvalue weighted by molar-refractivity contribution is 8.26. The van der Waals surface area contributed by atoms with Gasteiger partial charge in [0.25, 0.3) is 0 Å². The molecule has 0 amide bonds. The summed E-state index contributed by atoms with van der Waals surface area (Å²) in [7, 11) is 0. The third kappa shape index (κ3) is 3.70. The van der Waals surface area contributed by atoms with Crippen LogP contribution in [0.2, 0.25) is 0 Å². The second kappa shape index (κ2) is 9.48. The minimum absolute atomic E-state index is 0.408. The van der Waals surface area contributed by atoms with Crippen molar-refractivity contribution in [1.82, 2.24) is 0 Å². The third-order valence-electron chi connectivity index (χ3n) is 7.71. The van der Waals surface area contributed by atoms with Crippen LogP contribution in [-0.4, -0.2) is 5.04 Å². The first-order valence-electron chi connectivity index (χ1n) is 13.2. The van der Waals surface area contributed by atoms with Gasteiger partial charge in [-0.05, 0) is 53.8 Å². The van der Waals surface area contributed by atoms with Crippen LogP contribution in [0.25, 0.3) is 0 Å². The van der Waals surface area contributed by atoms with Gasteiger partial charge in [0, 0.05) is 11.1 Å². The maximum absolute atomic E-state index is 5.35. The summed E-state index contributed by atoms with van der Waals surface area (Å²) in [6.45, 7) is 4.48. The first-order valence-corrected chi connectivity index (χ1v) is 14.9. The van der Waals surface area contributed by atoms with Crippen molar-refractivity contribution in [2.45, 2.75) is 22.8 Å². The van der Waals surface area contributed by atoms with Crippen molar-refractivity contribution in [3.05, 3.63) is 172 Å². The molecule has 4 heteroatoms. The number of hydrogen-bond acceptors (Lipinski definition) is 4. The van der Waals surface area contributed by atoms with Gasteiger partial charge in [0.15, 0.2) is 4.20 Å². The van der Waals surface area contributed by atoms with Crippen LogP contribution in [0.1, 0.15) is 38.9 Å². The predicted octanol–water partition coefficient (Wildman–Crippen LogP) is 9.07. The third-order valence-corrected chi connectivity index (χ3v) is 11.0. The molecule has 1 atom stereocenters. The molecule has 5 aromatic rings. The van der Waals surface area contributed by atoms with E-state index in [4.69, 9.17) is 5.10 Å². The molecule has 2 heterocycles. The fourth-order valence-electron chi connectivity index (χ4n) is 5.94. The Morgan fingerprint density at radius 1 is 0.538 bits per heavy atom. The zero-order valence-electron chi connectivity index (χ0n) is 21.9. The SMILES string of the molecule is Cc1ccccc1C1(c2ccccc2C)S[C@@]2(SC(c3ccccc3)=NN2c2ccccc2)c2ccccc21. The molecule has 0 unspecified atom stereocenters. The molecular formula is C35H28N2S2. The van der Waals surface area contributed by atoms with Gasteiger partial charge in [0.2, 0.25) is 0 Å². The van der Waals surface area contributed by atoms with Gasteiger partial charge in [-0.25, -0.2) is 5.01 Å². The van der Waals surface area contributed by atoms with E-state index < -0.39 is 8.95 Å². The molecule has 0 aromatic heterocycles. The van der Waals surface area contributed by atoms with E-state index in [0.29, 0.717) is 0 Å². The highest BCUT2D eigenvalue weighted by Gasteiger charge is 2.61. The van der Waals surface area contributed by atoms with Crippen LogP contribution >= 0.6 is 23.5 Å². The topological polar surface area (TPSA) is 15.6 Å². The number of rotatable bonds is 4. The summed E-state index contributed by atoms with van der Waals surface area (Å²) in [6, 6.07) is 48.0. The Hall–Kier alpha value is -3.73. The summed E-state index contributed by atoms with van der Waals surface area (Å²) in [5.74, 6) is 0. The smallest absolute Gasteiger partial charge is 0.187 e. The maximum atomic E-state index is 5.35. The number of fused-ring (bicyclic) bond motifs is 2. The lowest BCUT2D eigenvalue weighted by Crippen LogP contribution is -2.34. The van der Waals surface area contributed by atoms with Gasteiger partial charge in [0.05, 0.1) is 10.4 Å². The largest absolute Gasteiger partial charge is 0.233 e. The van der Waals surface area contributed by atoms with Crippen molar-refractivity contribution in [2.24, 2.45) is 5.10 Å². The Kier molecular flexibility index (Phi) is 5.91. The van der Waals surface area contributed by atoms with Crippen LogP contribution in [-0.2, 0) is 8.95 Å². The van der Waals surface area contributed by atoms with Crippen molar-refractivity contribution >= 4 is 34.3 Å². The van der Waals surface area contributed by atoms with Crippen molar-refractivity contribution in [3.63, 3.8) is 0 Å². The first kappa shape index (κ1) is 24.3. The van der Waals surface area contributed by atoms with Crippen LogP contribution in [0.5, 0.6) is 0 Å². The zero-order valence-corrected chi connectivity index (χ0v) is 23.5. The van der Waals surface area contributed by atoms with Gasteiger partial charge < -0.3 is 0 Å². The van der Waals surface area contributed by atoms with Crippen LogP contribution < -0.4 is 5.01 Å². The summed E-state index contributed by atoms with van der Waals surface area (Å²) in [4.78, 5) is 0. The van der Waals surface area contributed by atoms with Crippen molar-refractivity contribution in [1.29, 1.82) is 0 Å². The van der Waals surface area contributed by atoms with Crippen molar-refractivity contribution < 1.29 is 0 Å². The van der Waals surface area contributed by atoms with Gasteiger partial charge in [-0.2, -0.15) is 5.10 Å². The molecule has 0 radical (unpaired) electrons. The highest BCUT2D eigenvalue weighted by Crippen LogP contribution is 2.71. The monoisotopic (exact) mass is 540 g/mol. The molecule has 2 aliphatic rings. The fraction of sp³-hybridized carbons (Fsp3) is 0.114. The molecule has 39 heavy (non-hydrogen) atoms. The molecule has 2 aliphatic heterocycles. The van der Waals surface area contributed by atoms with Crippen molar-refractivity contribution in [2.75, 3.05) is 5.01 Å². The van der Waals surface area contributed by atoms with E-state index in [-0.39, 0.29) is 0 Å². The minimum Gasteiger partial charge on any atom is -0.233 e. The molecule has 2 nitrogen and oxygen atoms in total. The lowest BCUT2D eigenvalue weighted by molar-refractivity contribution is 0.806. The number of benzene rings is 5. The number of nitrogens with zero attached hydrogens (tertiary/aromatic N) is 2. The lowest BCUT2D eigenvalue weighted by Gasteiger charge is -2.38. The van der Waals surface area contributed by atoms with E-state index in [0.717, 1.165) is 16.3 Å². The first-order chi connectivity index (χ1) is 19.1. The number of hydrogen-bond donors (Lipinski definition) is 0. The van der Waals surface area contributed by atoms with Gasteiger partial charge in [-0.1, -0.05) is 145 Å². The number of aryl methyl sites for hydroxylation is 2. The Labute approximate surface area is 238 Å². The fourth-order valence-corrected chi connectivity index (χ4v) is 9.78. The molecule has 0 fully saturated rings. The van der Waals surface area contributed by atoms with E-state index in [9.17, 15) is 0 Å². The molecule has 1 spiro atoms. The average molecular weight is 541 g/mol. The van der Waals surface area contributed by atoms with Gasteiger partial charge in [0.1, 0.15) is 5.04 Å². The molecule has 0 saturated heterocycles.